The Labute approximate surface area is 224 Å². The Morgan fingerprint density at radius 3 is 2.33 bits per heavy atom. The Balaban J connectivity index is 1.60. The molecular weight excluding hydrogens is 513 g/mol. The number of nitriles is 1. The van der Waals surface area contributed by atoms with Crippen LogP contribution in [0.4, 0.5) is 5.69 Å². The molecule has 0 saturated heterocycles. The number of benzene rings is 3. The van der Waals surface area contributed by atoms with Gasteiger partial charge in [0, 0.05) is 39.0 Å². The Morgan fingerprint density at radius 2 is 1.69 bits per heavy atom. The van der Waals surface area contributed by atoms with Crippen molar-refractivity contribution in [1.29, 1.82) is 5.26 Å². The van der Waals surface area contributed by atoms with Crippen LogP contribution in [0.3, 0.4) is 0 Å². The third kappa shape index (κ3) is 6.38. The minimum atomic E-state index is -0.186. The van der Waals surface area contributed by atoms with Gasteiger partial charge in [-0.15, -0.1) is 11.8 Å². The third-order valence-corrected chi connectivity index (χ3v) is 6.70. The van der Waals surface area contributed by atoms with Gasteiger partial charge in [0.1, 0.15) is 16.8 Å². The molecule has 1 amide bonds. The molecule has 4 aromatic rings. The van der Waals surface area contributed by atoms with Crippen LogP contribution >= 0.6 is 35.0 Å². The van der Waals surface area contributed by atoms with Gasteiger partial charge in [-0.2, -0.15) is 5.26 Å². The molecule has 0 unspecified atom stereocenters. The molecule has 3 aromatic carbocycles. The molecule has 0 fully saturated rings. The fourth-order valence-corrected chi connectivity index (χ4v) is 5.05. The minimum Gasteiger partial charge on any atom is -0.497 e. The van der Waals surface area contributed by atoms with Crippen molar-refractivity contribution >= 4 is 46.6 Å². The number of carbonyl (C=O) groups excluding carboxylic acids is 1. The molecule has 8 heteroatoms. The fraction of sp³-hybridized carbons (Fsp3) is 0.107. The van der Waals surface area contributed by atoms with Gasteiger partial charge in [-0.25, -0.2) is 4.98 Å². The Morgan fingerprint density at radius 1 is 1.00 bits per heavy atom. The number of carbonyl (C=O) groups is 1. The summed E-state index contributed by atoms with van der Waals surface area (Å²) in [6.45, 7) is 0. The molecule has 180 valence electrons. The molecule has 5 nitrogen and oxygen atoms in total. The van der Waals surface area contributed by atoms with Gasteiger partial charge in [0.25, 0.3) is 0 Å². The summed E-state index contributed by atoms with van der Waals surface area (Å²) in [6, 6.07) is 26.5. The Kier molecular flexibility index (Phi) is 8.50. The number of rotatable bonds is 8. The fourth-order valence-electron chi connectivity index (χ4n) is 3.58. The van der Waals surface area contributed by atoms with E-state index in [1.54, 1.807) is 25.3 Å². The first-order valence-electron chi connectivity index (χ1n) is 11.0. The molecule has 0 spiro atoms. The number of amides is 1. The van der Waals surface area contributed by atoms with E-state index in [-0.39, 0.29) is 12.3 Å². The molecule has 36 heavy (non-hydrogen) atoms. The maximum Gasteiger partial charge on any atom is 0.225 e. The summed E-state index contributed by atoms with van der Waals surface area (Å²) in [7, 11) is 1.61. The van der Waals surface area contributed by atoms with Crippen molar-refractivity contribution in [3.05, 3.63) is 94.5 Å². The zero-order valence-electron chi connectivity index (χ0n) is 19.3. The predicted molar refractivity (Wildman–Crippen MR) is 147 cm³/mol. The van der Waals surface area contributed by atoms with Crippen LogP contribution in [0, 0.1) is 11.3 Å². The normalized spacial score (nSPS) is 10.5. The molecule has 1 heterocycles. The van der Waals surface area contributed by atoms with E-state index in [1.165, 1.54) is 11.8 Å². The number of hydrogen-bond donors (Lipinski definition) is 1. The van der Waals surface area contributed by atoms with Crippen molar-refractivity contribution in [1.82, 2.24) is 4.98 Å². The summed E-state index contributed by atoms with van der Waals surface area (Å²) in [4.78, 5) is 17.3. The van der Waals surface area contributed by atoms with Crippen LogP contribution in [-0.4, -0.2) is 23.8 Å². The number of pyridine rings is 1. The zero-order chi connectivity index (χ0) is 25.5. The van der Waals surface area contributed by atoms with Gasteiger partial charge in [-0.3, -0.25) is 4.79 Å². The Hall–Kier alpha value is -3.50. The average molecular weight is 534 g/mol. The van der Waals surface area contributed by atoms with E-state index in [0.29, 0.717) is 32.1 Å². The van der Waals surface area contributed by atoms with Gasteiger partial charge in [-0.1, -0.05) is 65.7 Å². The standard InChI is InChI=1S/C28H21Cl2N3O2S/c1-35-23-9-7-18(8-10-23)24-16-26(19-5-3-2-4-6-19)33-28(25(24)17-31)36-12-11-27(34)32-22-14-20(29)13-21(30)15-22/h2-10,13-16H,11-12H2,1H3,(H,32,34). The van der Waals surface area contributed by atoms with Gasteiger partial charge in [0.2, 0.25) is 5.91 Å². The van der Waals surface area contributed by atoms with Crippen LogP contribution in [0.25, 0.3) is 22.4 Å². The molecule has 0 aliphatic heterocycles. The number of halogens is 2. The highest BCUT2D eigenvalue weighted by atomic mass is 35.5. The van der Waals surface area contributed by atoms with Gasteiger partial charge in [0.05, 0.1) is 18.4 Å². The first-order chi connectivity index (χ1) is 17.5. The van der Waals surface area contributed by atoms with Crippen LogP contribution in [0.15, 0.2) is 83.9 Å². The highest BCUT2D eigenvalue weighted by Crippen LogP contribution is 2.35. The zero-order valence-corrected chi connectivity index (χ0v) is 21.6. The molecule has 0 saturated carbocycles. The van der Waals surface area contributed by atoms with E-state index in [2.05, 4.69) is 11.4 Å². The smallest absolute Gasteiger partial charge is 0.225 e. The van der Waals surface area contributed by atoms with E-state index in [1.807, 2.05) is 60.7 Å². The van der Waals surface area contributed by atoms with Gasteiger partial charge >= 0.3 is 0 Å². The van der Waals surface area contributed by atoms with Crippen molar-refractivity contribution in [2.75, 3.05) is 18.2 Å². The summed E-state index contributed by atoms with van der Waals surface area (Å²) in [6.07, 6.45) is 0.217. The maximum absolute atomic E-state index is 12.5. The third-order valence-electron chi connectivity index (χ3n) is 5.28. The summed E-state index contributed by atoms with van der Waals surface area (Å²) in [5, 5.41) is 14.3. The lowest BCUT2D eigenvalue weighted by Gasteiger charge is -2.13. The number of anilines is 1. The molecule has 0 aliphatic carbocycles. The highest BCUT2D eigenvalue weighted by Gasteiger charge is 2.17. The van der Waals surface area contributed by atoms with Crippen molar-refractivity contribution in [3.63, 3.8) is 0 Å². The SMILES string of the molecule is COc1ccc(-c2cc(-c3ccccc3)nc(SCCC(=O)Nc3cc(Cl)cc(Cl)c3)c2C#N)cc1. The van der Waals surface area contributed by atoms with E-state index < -0.39 is 0 Å². The lowest BCUT2D eigenvalue weighted by atomic mass is 9.99. The highest BCUT2D eigenvalue weighted by molar-refractivity contribution is 7.99. The number of ether oxygens (including phenoxy) is 1. The molecular formula is C28H21Cl2N3O2S. The van der Waals surface area contributed by atoms with E-state index >= 15 is 0 Å². The summed E-state index contributed by atoms with van der Waals surface area (Å²) in [5.74, 6) is 0.979. The van der Waals surface area contributed by atoms with Crippen LogP contribution < -0.4 is 10.1 Å². The summed E-state index contributed by atoms with van der Waals surface area (Å²) in [5.41, 5.74) is 4.34. The summed E-state index contributed by atoms with van der Waals surface area (Å²) >= 11 is 13.4. The van der Waals surface area contributed by atoms with Crippen molar-refractivity contribution < 1.29 is 9.53 Å². The minimum absolute atomic E-state index is 0.186. The lowest BCUT2D eigenvalue weighted by molar-refractivity contribution is -0.115. The first kappa shape index (κ1) is 25.6. The molecule has 0 radical (unpaired) electrons. The molecule has 0 aliphatic rings. The van der Waals surface area contributed by atoms with E-state index in [0.717, 1.165) is 28.1 Å². The molecule has 1 N–H and O–H groups in total. The topological polar surface area (TPSA) is 75.0 Å². The quantitative estimate of drug-likeness (QED) is 0.234. The monoisotopic (exact) mass is 533 g/mol. The van der Waals surface area contributed by atoms with Crippen molar-refractivity contribution in [3.8, 4) is 34.2 Å². The maximum atomic E-state index is 12.5. The van der Waals surface area contributed by atoms with Crippen LogP contribution in [0.5, 0.6) is 5.75 Å². The first-order valence-corrected chi connectivity index (χ1v) is 12.7. The number of nitrogens with zero attached hydrogens (tertiary/aromatic N) is 2. The number of methoxy groups -OCH3 is 1. The molecule has 0 bridgehead atoms. The predicted octanol–water partition coefficient (Wildman–Crippen LogP) is 7.72. The Bertz CT molecular complexity index is 1400. The average Bonchev–Trinajstić information content (AvgIpc) is 2.88. The molecule has 4 rings (SSSR count). The second-order valence-electron chi connectivity index (χ2n) is 7.75. The van der Waals surface area contributed by atoms with Gasteiger partial charge in [-0.05, 0) is 42.0 Å². The van der Waals surface area contributed by atoms with Gasteiger partial charge < -0.3 is 10.1 Å². The van der Waals surface area contributed by atoms with Crippen molar-refractivity contribution in [2.24, 2.45) is 0 Å². The van der Waals surface area contributed by atoms with Crippen LogP contribution in [-0.2, 0) is 4.79 Å². The van der Waals surface area contributed by atoms with E-state index in [9.17, 15) is 10.1 Å². The number of hydrogen-bond acceptors (Lipinski definition) is 5. The second-order valence-corrected chi connectivity index (χ2v) is 9.70. The number of nitrogens with one attached hydrogen (secondary N) is 1. The largest absolute Gasteiger partial charge is 0.497 e. The lowest BCUT2D eigenvalue weighted by Crippen LogP contribution is -2.12. The second kappa shape index (κ2) is 12.0. The van der Waals surface area contributed by atoms with Gasteiger partial charge in [0.15, 0.2) is 0 Å². The van der Waals surface area contributed by atoms with Crippen molar-refractivity contribution in [2.45, 2.75) is 11.4 Å². The molecule has 0 atom stereocenters. The summed E-state index contributed by atoms with van der Waals surface area (Å²) < 4.78 is 5.28. The van der Waals surface area contributed by atoms with Crippen LogP contribution in [0.1, 0.15) is 12.0 Å². The number of thioether (sulfide) groups is 1. The van der Waals surface area contributed by atoms with Crippen LogP contribution in [0.2, 0.25) is 10.0 Å². The number of aromatic nitrogens is 1. The molecule has 1 aromatic heterocycles. The van der Waals surface area contributed by atoms with E-state index in [4.69, 9.17) is 32.9 Å².